The van der Waals surface area contributed by atoms with Crippen molar-refractivity contribution >= 4 is 11.6 Å². The Hall–Kier alpha value is -1.48. The summed E-state index contributed by atoms with van der Waals surface area (Å²) in [5, 5.41) is 0. The van der Waals surface area contributed by atoms with Crippen LogP contribution in [0.5, 0.6) is 0 Å². The second kappa shape index (κ2) is 3.95. The molecule has 0 radical (unpaired) electrons. The molecule has 78 valence electrons. The van der Waals surface area contributed by atoms with Gasteiger partial charge in [-0.2, -0.15) is 0 Å². The average molecular weight is 225 g/mol. The SMILES string of the molecule is Cc1ccc(-c2oc(=O)oc2CCl)cc1. The zero-order valence-corrected chi connectivity index (χ0v) is 8.88. The van der Waals surface area contributed by atoms with Crippen LogP contribution in [0.25, 0.3) is 11.3 Å². The molecule has 4 heteroatoms. The summed E-state index contributed by atoms with van der Waals surface area (Å²) in [5.41, 5.74) is 1.93. The first kappa shape index (κ1) is 10.1. The quantitative estimate of drug-likeness (QED) is 0.737. The summed E-state index contributed by atoms with van der Waals surface area (Å²) in [6, 6.07) is 7.58. The van der Waals surface area contributed by atoms with E-state index < -0.39 is 5.82 Å². The lowest BCUT2D eigenvalue weighted by Crippen LogP contribution is -1.85. The number of alkyl halides is 1. The fourth-order valence-corrected chi connectivity index (χ4v) is 1.50. The molecule has 3 nitrogen and oxygen atoms in total. The van der Waals surface area contributed by atoms with E-state index in [0.717, 1.165) is 11.1 Å². The highest BCUT2D eigenvalue weighted by Gasteiger charge is 2.13. The molecule has 0 fully saturated rings. The highest BCUT2D eigenvalue weighted by atomic mass is 35.5. The van der Waals surface area contributed by atoms with E-state index in [1.807, 2.05) is 31.2 Å². The molecule has 15 heavy (non-hydrogen) atoms. The molecular formula is C11H9ClO3. The first-order valence-corrected chi connectivity index (χ1v) is 5.00. The molecule has 0 aliphatic carbocycles. The van der Waals surface area contributed by atoms with Gasteiger partial charge in [0.05, 0.1) is 5.88 Å². The van der Waals surface area contributed by atoms with Crippen LogP contribution >= 0.6 is 11.6 Å². The Morgan fingerprint density at radius 3 is 2.47 bits per heavy atom. The Morgan fingerprint density at radius 2 is 1.87 bits per heavy atom. The normalized spacial score (nSPS) is 10.5. The molecular weight excluding hydrogens is 216 g/mol. The Bertz CT molecular complexity index is 507. The molecule has 0 spiro atoms. The molecule has 0 saturated heterocycles. The fraction of sp³-hybridized carbons (Fsp3) is 0.182. The van der Waals surface area contributed by atoms with E-state index in [1.54, 1.807) is 0 Å². The largest absolute Gasteiger partial charge is 0.519 e. The van der Waals surface area contributed by atoms with Gasteiger partial charge in [0, 0.05) is 5.56 Å². The lowest BCUT2D eigenvalue weighted by Gasteiger charge is -1.97. The van der Waals surface area contributed by atoms with Crippen molar-refractivity contribution in [2.24, 2.45) is 0 Å². The van der Waals surface area contributed by atoms with Gasteiger partial charge in [-0.25, -0.2) is 4.79 Å². The Morgan fingerprint density at radius 1 is 1.20 bits per heavy atom. The first-order chi connectivity index (χ1) is 7.20. The molecule has 2 aromatic rings. The maximum atomic E-state index is 10.9. The van der Waals surface area contributed by atoms with Crippen LogP contribution in [0.2, 0.25) is 0 Å². The van der Waals surface area contributed by atoms with Crippen molar-refractivity contribution in [2.45, 2.75) is 12.8 Å². The third-order valence-corrected chi connectivity index (χ3v) is 2.32. The van der Waals surface area contributed by atoms with Gasteiger partial charge in [0.15, 0.2) is 11.5 Å². The monoisotopic (exact) mass is 224 g/mol. The predicted octanol–water partition coefficient (Wildman–Crippen LogP) is 2.95. The summed E-state index contributed by atoms with van der Waals surface area (Å²) in [4.78, 5) is 10.9. The molecule has 1 heterocycles. The minimum atomic E-state index is -0.721. The van der Waals surface area contributed by atoms with Gasteiger partial charge >= 0.3 is 5.82 Å². The number of hydrogen-bond acceptors (Lipinski definition) is 3. The van der Waals surface area contributed by atoms with E-state index in [0.29, 0.717) is 11.5 Å². The Kier molecular flexibility index (Phi) is 2.64. The van der Waals surface area contributed by atoms with E-state index in [4.69, 9.17) is 20.4 Å². The molecule has 0 aliphatic rings. The average Bonchev–Trinajstić information content (AvgIpc) is 2.61. The van der Waals surface area contributed by atoms with Crippen molar-refractivity contribution in [1.82, 2.24) is 0 Å². The number of rotatable bonds is 2. The highest BCUT2D eigenvalue weighted by molar-refractivity contribution is 6.17. The lowest BCUT2D eigenvalue weighted by atomic mass is 10.1. The van der Waals surface area contributed by atoms with Gasteiger partial charge < -0.3 is 8.83 Å². The summed E-state index contributed by atoms with van der Waals surface area (Å²) in [5.74, 6) is 0.177. The van der Waals surface area contributed by atoms with Gasteiger partial charge in [-0.3, -0.25) is 0 Å². The van der Waals surface area contributed by atoms with Crippen LogP contribution in [0.1, 0.15) is 11.3 Å². The second-order valence-corrected chi connectivity index (χ2v) is 3.47. The summed E-state index contributed by atoms with van der Waals surface area (Å²) in [7, 11) is 0. The van der Waals surface area contributed by atoms with Crippen molar-refractivity contribution in [3.63, 3.8) is 0 Å². The van der Waals surface area contributed by atoms with Gasteiger partial charge in [-0.05, 0) is 6.92 Å². The number of benzene rings is 1. The zero-order chi connectivity index (χ0) is 10.8. The van der Waals surface area contributed by atoms with Crippen molar-refractivity contribution < 1.29 is 8.83 Å². The van der Waals surface area contributed by atoms with Crippen LogP contribution in [0, 0.1) is 6.92 Å². The summed E-state index contributed by atoms with van der Waals surface area (Å²) >= 11 is 5.63. The third-order valence-electron chi connectivity index (χ3n) is 2.08. The van der Waals surface area contributed by atoms with Crippen molar-refractivity contribution in [2.75, 3.05) is 0 Å². The van der Waals surface area contributed by atoms with Crippen molar-refractivity contribution in [1.29, 1.82) is 0 Å². The predicted molar refractivity (Wildman–Crippen MR) is 57.0 cm³/mol. The third kappa shape index (κ3) is 1.97. The van der Waals surface area contributed by atoms with E-state index in [9.17, 15) is 4.79 Å². The number of aryl methyl sites for hydroxylation is 1. The van der Waals surface area contributed by atoms with Gasteiger partial charge in [-0.1, -0.05) is 29.8 Å². The molecule has 1 aromatic heterocycles. The smallest absolute Gasteiger partial charge is 0.394 e. The topological polar surface area (TPSA) is 43.4 Å². The minimum Gasteiger partial charge on any atom is -0.394 e. The number of halogens is 1. The molecule has 1 aromatic carbocycles. The minimum absolute atomic E-state index is 0.120. The van der Waals surface area contributed by atoms with Crippen LogP contribution in [-0.4, -0.2) is 0 Å². The van der Waals surface area contributed by atoms with Gasteiger partial charge in [0.1, 0.15) is 0 Å². The second-order valence-electron chi connectivity index (χ2n) is 3.21. The van der Waals surface area contributed by atoms with E-state index in [2.05, 4.69) is 0 Å². The van der Waals surface area contributed by atoms with Crippen LogP contribution in [0.15, 0.2) is 37.9 Å². The van der Waals surface area contributed by atoms with Gasteiger partial charge in [0.25, 0.3) is 0 Å². The Balaban J connectivity index is 2.53. The molecule has 0 N–H and O–H groups in total. The summed E-state index contributed by atoms with van der Waals surface area (Å²) in [6.45, 7) is 1.98. The maximum absolute atomic E-state index is 10.9. The van der Waals surface area contributed by atoms with Gasteiger partial charge in [0.2, 0.25) is 0 Å². The summed E-state index contributed by atoms with van der Waals surface area (Å²) in [6.07, 6.45) is 0. The standard InChI is InChI=1S/C11H9ClO3/c1-7-2-4-8(5-3-7)10-9(6-12)14-11(13)15-10/h2-5H,6H2,1H3. The zero-order valence-electron chi connectivity index (χ0n) is 8.12. The van der Waals surface area contributed by atoms with Crippen LogP contribution in [0.4, 0.5) is 0 Å². The molecule has 0 aliphatic heterocycles. The molecule has 0 bridgehead atoms. The highest BCUT2D eigenvalue weighted by Crippen LogP contribution is 2.24. The molecule has 0 unspecified atom stereocenters. The van der Waals surface area contributed by atoms with Crippen LogP contribution in [0.3, 0.4) is 0 Å². The summed E-state index contributed by atoms with van der Waals surface area (Å²) < 4.78 is 9.72. The maximum Gasteiger partial charge on any atom is 0.519 e. The van der Waals surface area contributed by atoms with E-state index in [1.165, 1.54) is 0 Å². The van der Waals surface area contributed by atoms with Crippen molar-refractivity contribution in [3.8, 4) is 11.3 Å². The first-order valence-electron chi connectivity index (χ1n) is 4.46. The number of hydrogen-bond donors (Lipinski definition) is 0. The van der Waals surface area contributed by atoms with Gasteiger partial charge in [-0.15, -0.1) is 11.6 Å². The molecule has 0 atom stereocenters. The molecule has 0 saturated carbocycles. The molecule has 0 amide bonds. The van der Waals surface area contributed by atoms with E-state index >= 15 is 0 Å². The van der Waals surface area contributed by atoms with E-state index in [-0.39, 0.29) is 5.88 Å². The van der Waals surface area contributed by atoms with Crippen molar-refractivity contribution in [3.05, 3.63) is 46.2 Å². The molecule has 2 rings (SSSR count). The lowest BCUT2D eigenvalue weighted by molar-refractivity contribution is 0.380. The van der Waals surface area contributed by atoms with Crippen LogP contribution < -0.4 is 5.82 Å². The Labute approximate surface area is 91.3 Å². The fourth-order valence-electron chi connectivity index (χ4n) is 1.32. The van der Waals surface area contributed by atoms with Crippen LogP contribution in [-0.2, 0) is 5.88 Å².